The molecule has 2 N–H and O–H groups in total. The van der Waals surface area contributed by atoms with Gasteiger partial charge in [0, 0.05) is 0 Å². The van der Waals surface area contributed by atoms with Gasteiger partial charge in [0.25, 0.3) is 0 Å². The Bertz CT molecular complexity index is 34.1. The van der Waals surface area contributed by atoms with E-state index in [1.807, 2.05) is 6.42 Å². The normalized spacial score (nSPS) is 8.11. The van der Waals surface area contributed by atoms with Gasteiger partial charge < -0.3 is 17.9 Å². The Hall–Kier alpha value is 0.898. The second kappa shape index (κ2) is 16.0. The van der Waals surface area contributed by atoms with Gasteiger partial charge >= 0.3 is 28.2 Å². The van der Waals surface area contributed by atoms with E-state index in [0.29, 0.717) is 13.1 Å². The molecule has 0 bridgehead atoms. The van der Waals surface area contributed by atoms with Gasteiger partial charge in [-0.05, 0) is 0 Å². The van der Waals surface area contributed by atoms with Crippen LogP contribution in [0.3, 0.4) is 0 Å². The molecule has 0 aliphatic carbocycles. The molecule has 0 saturated heterocycles. The number of nitrogens with one attached hydrogen (secondary N) is 2. The van der Waals surface area contributed by atoms with Crippen molar-refractivity contribution >= 4 is 9.42 Å². The second-order valence-corrected chi connectivity index (χ2v) is 1.37. The van der Waals surface area contributed by atoms with E-state index < -0.39 is 0 Å². The van der Waals surface area contributed by atoms with Gasteiger partial charge in [-0.1, -0.05) is 0 Å². The monoisotopic (exact) mass is 329 g/mol. The number of rotatable bonds is 4. The molecule has 0 rings (SSSR count). The first-order chi connectivity index (χ1) is 4.41. The largest absolute Gasteiger partial charge is 0.679 e. The van der Waals surface area contributed by atoms with Crippen molar-refractivity contribution in [3.05, 3.63) is 17.9 Å². The third-order valence-electron chi connectivity index (χ3n) is 0.697. The van der Waals surface area contributed by atoms with Crippen LogP contribution in [-0.4, -0.2) is 13.1 Å². The molecule has 0 aromatic heterocycles. The molecule has 0 radical (unpaired) electrons. The van der Waals surface area contributed by atoms with E-state index in [1.54, 1.807) is 18.8 Å². The van der Waals surface area contributed by atoms with Crippen LogP contribution < -0.4 is 0 Å². The predicted molar refractivity (Wildman–Crippen MR) is 37.8 cm³/mol. The van der Waals surface area contributed by atoms with E-state index in [1.165, 1.54) is 0 Å². The average molecular weight is 330 g/mol. The molecular formula is C5H11ClN2Pt-3. The maximum Gasteiger partial charge on any atom is -0.179 e. The minimum atomic E-state index is 0.472. The van der Waals surface area contributed by atoms with E-state index in [0.717, 1.165) is 12.8 Å². The molecule has 0 amide bonds. The summed E-state index contributed by atoms with van der Waals surface area (Å²) >= 11 is 1.61. The van der Waals surface area contributed by atoms with Crippen LogP contribution in [0.15, 0.2) is 0 Å². The summed E-state index contributed by atoms with van der Waals surface area (Å²) < 4.78 is 0. The quantitative estimate of drug-likeness (QED) is 0.562. The molecule has 0 spiro atoms. The van der Waals surface area contributed by atoms with Gasteiger partial charge in [0.1, 0.15) is 0 Å². The predicted octanol–water partition coefficient (Wildman–Crippen LogP) is 2.76. The van der Waals surface area contributed by atoms with Crippen molar-refractivity contribution in [2.75, 3.05) is 13.1 Å². The van der Waals surface area contributed by atoms with Crippen molar-refractivity contribution in [2.45, 2.75) is 12.8 Å². The zero-order valence-corrected chi connectivity index (χ0v) is 8.13. The first-order valence-corrected chi connectivity index (χ1v) is 5.46. The zero-order valence-electron chi connectivity index (χ0n) is 5.10. The molecule has 9 heavy (non-hydrogen) atoms. The summed E-state index contributed by atoms with van der Waals surface area (Å²) in [5, 5.41) is 0. The summed E-state index contributed by atoms with van der Waals surface area (Å²) in [7, 11) is 4.61. The third kappa shape index (κ3) is 17.6. The molecule has 0 fully saturated rings. The Balaban J connectivity index is 0. The van der Waals surface area contributed by atoms with E-state index >= 15 is 0 Å². The van der Waals surface area contributed by atoms with E-state index in [2.05, 4.69) is 9.42 Å². The van der Waals surface area contributed by atoms with Gasteiger partial charge in [0.05, 0.1) is 0 Å². The van der Waals surface area contributed by atoms with Gasteiger partial charge in [-0.25, -0.2) is 0 Å². The van der Waals surface area contributed by atoms with Crippen molar-refractivity contribution in [1.29, 1.82) is 0 Å². The first kappa shape index (κ1) is 12.6. The SMILES string of the molecule is [Cl][Pt].[NH-]CC[CH-]CC[NH-]. The molecule has 61 valence electrons. The Morgan fingerprint density at radius 1 is 1.11 bits per heavy atom. The summed E-state index contributed by atoms with van der Waals surface area (Å²) in [4.78, 5) is 0. The molecule has 0 saturated carbocycles. The molecule has 4 heteroatoms. The van der Waals surface area contributed by atoms with Crippen LogP contribution in [0.1, 0.15) is 12.8 Å². The fourth-order valence-corrected chi connectivity index (χ4v) is 0.348. The first-order valence-electron chi connectivity index (χ1n) is 2.64. The number of unbranched alkanes of at least 4 members (excludes halogenated alkanes) is 2. The topological polar surface area (TPSA) is 47.6 Å². The van der Waals surface area contributed by atoms with Crippen LogP contribution in [0.2, 0.25) is 0 Å². The van der Waals surface area contributed by atoms with E-state index in [4.69, 9.17) is 11.5 Å². The third-order valence-corrected chi connectivity index (χ3v) is 0.697. The van der Waals surface area contributed by atoms with E-state index in [-0.39, 0.29) is 0 Å². The number of halogens is 1. The molecule has 0 aliphatic heterocycles. The number of hydrogen-bond donors (Lipinski definition) is 0. The standard InChI is InChI=1S/C5H11N2.ClH.Pt/c6-4-2-1-3-5-7;;/h1,6-7H,2-5H2;1H;/q-3;;+1/p-1. The minimum Gasteiger partial charge on any atom is -0.679 e. The van der Waals surface area contributed by atoms with Gasteiger partial charge in [-0.2, -0.15) is 25.9 Å². The van der Waals surface area contributed by atoms with Crippen molar-refractivity contribution in [3.8, 4) is 0 Å². The fraction of sp³-hybridized carbons (Fsp3) is 0.800. The Morgan fingerprint density at radius 2 is 1.44 bits per heavy atom. The van der Waals surface area contributed by atoms with Crippen LogP contribution in [-0.2, 0) is 18.8 Å². The molecule has 0 atom stereocenters. The van der Waals surface area contributed by atoms with E-state index in [9.17, 15) is 0 Å². The summed E-state index contributed by atoms with van der Waals surface area (Å²) in [6.07, 6.45) is 3.68. The van der Waals surface area contributed by atoms with Crippen molar-refractivity contribution < 1.29 is 18.8 Å². The average Bonchev–Trinajstić information content (AvgIpc) is 1.94. The van der Waals surface area contributed by atoms with Gasteiger partial charge in [0.2, 0.25) is 0 Å². The van der Waals surface area contributed by atoms with Crippen molar-refractivity contribution in [2.24, 2.45) is 0 Å². The molecule has 0 aromatic rings. The van der Waals surface area contributed by atoms with Crippen LogP contribution in [0.5, 0.6) is 0 Å². The van der Waals surface area contributed by atoms with Crippen LogP contribution in [0.4, 0.5) is 0 Å². The Kier molecular flexibility index (Phi) is 22.3. The summed E-state index contributed by atoms with van der Waals surface area (Å²) in [5.74, 6) is 0. The molecule has 2 nitrogen and oxygen atoms in total. The molecule has 0 aromatic carbocycles. The van der Waals surface area contributed by atoms with Gasteiger partial charge in [-0.3, -0.25) is 0 Å². The Labute approximate surface area is 72.1 Å². The number of hydrogen-bond acceptors (Lipinski definition) is 0. The smallest absolute Gasteiger partial charge is 0.179 e. The zero-order chi connectivity index (χ0) is 7.54. The van der Waals surface area contributed by atoms with Gasteiger partial charge in [-0.15, -0.1) is 0 Å². The van der Waals surface area contributed by atoms with Crippen LogP contribution in [0, 0.1) is 6.42 Å². The van der Waals surface area contributed by atoms with Crippen LogP contribution >= 0.6 is 9.42 Å². The van der Waals surface area contributed by atoms with Gasteiger partial charge in [0.15, 0.2) is 0 Å². The molecular weight excluding hydrogens is 319 g/mol. The van der Waals surface area contributed by atoms with Crippen molar-refractivity contribution in [3.63, 3.8) is 0 Å². The Morgan fingerprint density at radius 3 is 1.67 bits per heavy atom. The molecule has 0 heterocycles. The maximum absolute atomic E-state index is 6.69. The second-order valence-electron chi connectivity index (χ2n) is 1.37. The summed E-state index contributed by atoms with van der Waals surface area (Å²) in [6.45, 7) is 0.944. The van der Waals surface area contributed by atoms with Crippen molar-refractivity contribution in [1.82, 2.24) is 0 Å². The molecule has 0 aliphatic rings. The molecule has 0 unspecified atom stereocenters. The fourth-order valence-electron chi connectivity index (χ4n) is 0.348. The minimum absolute atomic E-state index is 0.472. The van der Waals surface area contributed by atoms with Crippen LogP contribution in [0.25, 0.3) is 11.5 Å². The summed E-state index contributed by atoms with van der Waals surface area (Å²) in [6, 6.07) is 0. The summed E-state index contributed by atoms with van der Waals surface area (Å²) in [5.41, 5.74) is 13.4. The maximum atomic E-state index is 6.69.